The fourth-order valence-corrected chi connectivity index (χ4v) is 3.41. The molecule has 0 aliphatic rings. The van der Waals surface area contributed by atoms with Gasteiger partial charge in [0.1, 0.15) is 23.3 Å². The predicted octanol–water partition coefficient (Wildman–Crippen LogP) is 3.58. The Morgan fingerprint density at radius 1 is 1.31 bits per heavy atom. The highest BCUT2D eigenvalue weighted by atomic mass is 19.1. The first-order valence-corrected chi connectivity index (χ1v) is 9.90. The quantitative estimate of drug-likeness (QED) is 0.430. The van der Waals surface area contributed by atoms with Crippen molar-refractivity contribution in [3.05, 3.63) is 71.4 Å². The smallest absolute Gasteiger partial charge is 0.287 e. The van der Waals surface area contributed by atoms with Gasteiger partial charge in [-0.15, -0.1) is 0 Å². The maximum atomic E-state index is 13.2. The summed E-state index contributed by atoms with van der Waals surface area (Å²) in [6, 6.07) is 14.8. The van der Waals surface area contributed by atoms with Crippen molar-refractivity contribution < 1.29 is 18.3 Å². The summed E-state index contributed by atoms with van der Waals surface area (Å²) < 4.78 is 25.5. The number of amides is 1. The van der Waals surface area contributed by atoms with E-state index in [1.165, 1.54) is 36.1 Å². The molecule has 2 aromatic heterocycles. The number of para-hydroxylation sites is 1. The zero-order valence-electron chi connectivity index (χ0n) is 17.3. The molecule has 0 saturated heterocycles. The van der Waals surface area contributed by atoms with Gasteiger partial charge in [0, 0.05) is 11.9 Å². The Kier molecular flexibility index (Phi) is 5.77. The van der Waals surface area contributed by atoms with Gasteiger partial charge < -0.3 is 20.2 Å². The van der Waals surface area contributed by atoms with Gasteiger partial charge in [-0.3, -0.25) is 4.79 Å². The summed E-state index contributed by atoms with van der Waals surface area (Å²) in [4.78, 5) is 12.5. The molecule has 0 aliphatic heterocycles. The zero-order chi connectivity index (χ0) is 22.7. The molecule has 1 amide bonds. The number of hydrogen-bond acceptors (Lipinski definition) is 6. The second-order valence-electron chi connectivity index (χ2n) is 7.06. The van der Waals surface area contributed by atoms with Crippen LogP contribution in [0.25, 0.3) is 16.7 Å². The second kappa shape index (κ2) is 8.81. The van der Waals surface area contributed by atoms with Gasteiger partial charge in [-0.25, -0.2) is 9.07 Å². The van der Waals surface area contributed by atoms with Gasteiger partial charge in [-0.1, -0.05) is 12.1 Å². The largest absolute Gasteiger partial charge is 0.493 e. The van der Waals surface area contributed by atoms with Gasteiger partial charge in [0.15, 0.2) is 17.1 Å². The fraction of sp³-hybridized carbons (Fsp3) is 0.174. The molecule has 32 heavy (non-hydrogen) atoms. The van der Waals surface area contributed by atoms with Gasteiger partial charge in [0.25, 0.3) is 5.91 Å². The number of furan rings is 1. The van der Waals surface area contributed by atoms with Crippen LogP contribution >= 0.6 is 0 Å². The maximum absolute atomic E-state index is 13.2. The normalized spacial score (nSPS) is 10.8. The Morgan fingerprint density at radius 3 is 2.81 bits per heavy atom. The number of nitrogens with one attached hydrogen (secondary N) is 1. The lowest BCUT2D eigenvalue weighted by Gasteiger charge is -2.03. The number of aromatic nitrogens is 2. The Bertz CT molecular complexity index is 1320. The van der Waals surface area contributed by atoms with Crippen molar-refractivity contribution in [2.45, 2.75) is 12.8 Å². The summed E-state index contributed by atoms with van der Waals surface area (Å²) >= 11 is 0. The average molecular weight is 433 g/mol. The van der Waals surface area contributed by atoms with Crippen LogP contribution in [0, 0.1) is 17.1 Å². The second-order valence-corrected chi connectivity index (χ2v) is 7.06. The lowest BCUT2D eigenvalue weighted by molar-refractivity contribution is 0.0927. The topological polar surface area (TPSA) is 119 Å². The van der Waals surface area contributed by atoms with Crippen LogP contribution in [0.15, 0.2) is 52.9 Å². The number of ether oxygens (including phenoxy) is 1. The van der Waals surface area contributed by atoms with Crippen molar-refractivity contribution in [3.63, 3.8) is 0 Å². The molecule has 0 unspecified atom stereocenters. The Labute approximate surface area is 183 Å². The molecule has 162 valence electrons. The SMILES string of the molecule is COc1cccc2cc(C(=O)NCCCc3nn(-c4ccc(F)cc4)c(N)c3C#N)oc12. The van der Waals surface area contributed by atoms with Crippen LogP contribution in [0.2, 0.25) is 0 Å². The minimum atomic E-state index is -0.376. The summed E-state index contributed by atoms with van der Waals surface area (Å²) in [6.07, 6.45) is 0.958. The summed E-state index contributed by atoms with van der Waals surface area (Å²) in [6.45, 7) is 0.348. The third-order valence-corrected chi connectivity index (χ3v) is 5.00. The number of nitrogens with zero attached hydrogens (tertiary/aromatic N) is 3. The molecule has 0 fully saturated rings. The summed E-state index contributed by atoms with van der Waals surface area (Å²) in [7, 11) is 1.54. The molecule has 0 radical (unpaired) electrons. The number of rotatable bonds is 7. The van der Waals surface area contributed by atoms with E-state index in [1.807, 2.05) is 12.1 Å². The zero-order valence-corrected chi connectivity index (χ0v) is 17.3. The third-order valence-electron chi connectivity index (χ3n) is 5.00. The number of nitrogen functional groups attached to an aromatic ring is 1. The number of fused-ring (bicyclic) bond motifs is 1. The predicted molar refractivity (Wildman–Crippen MR) is 116 cm³/mol. The molecule has 0 saturated carbocycles. The van der Waals surface area contributed by atoms with Crippen LogP contribution in [0.3, 0.4) is 0 Å². The van der Waals surface area contributed by atoms with E-state index in [1.54, 1.807) is 12.1 Å². The molecular formula is C23H20FN5O3. The first-order valence-electron chi connectivity index (χ1n) is 9.90. The highest BCUT2D eigenvalue weighted by Crippen LogP contribution is 2.28. The highest BCUT2D eigenvalue weighted by Gasteiger charge is 2.17. The monoisotopic (exact) mass is 433 g/mol. The number of nitriles is 1. The fourth-order valence-electron chi connectivity index (χ4n) is 3.41. The molecule has 4 rings (SSSR count). The molecular weight excluding hydrogens is 413 g/mol. The summed E-state index contributed by atoms with van der Waals surface area (Å²) in [5.41, 5.74) is 7.92. The number of anilines is 1. The van der Waals surface area contributed by atoms with Crippen molar-refractivity contribution in [3.8, 4) is 17.5 Å². The van der Waals surface area contributed by atoms with Crippen molar-refractivity contribution >= 4 is 22.7 Å². The Morgan fingerprint density at radius 2 is 2.09 bits per heavy atom. The molecule has 3 N–H and O–H groups in total. The molecule has 8 nitrogen and oxygen atoms in total. The van der Waals surface area contributed by atoms with Crippen LogP contribution in [-0.4, -0.2) is 29.3 Å². The van der Waals surface area contributed by atoms with Crippen molar-refractivity contribution in [2.24, 2.45) is 0 Å². The van der Waals surface area contributed by atoms with Gasteiger partial charge in [0.2, 0.25) is 0 Å². The number of aryl methyl sites for hydroxylation is 1. The number of nitrogens with two attached hydrogens (primary N) is 1. The molecule has 2 heterocycles. The van der Waals surface area contributed by atoms with Gasteiger partial charge in [-0.2, -0.15) is 10.4 Å². The highest BCUT2D eigenvalue weighted by molar-refractivity contribution is 5.97. The molecule has 9 heteroatoms. The van der Waals surface area contributed by atoms with Crippen molar-refractivity contribution in [2.75, 3.05) is 19.4 Å². The van der Waals surface area contributed by atoms with Crippen molar-refractivity contribution in [1.82, 2.24) is 15.1 Å². The van der Waals surface area contributed by atoms with Gasteiger partial charge >= 0.3 is 0 Å². The van der Waals surface area contributed by atoms with E-state index in [0.717, 1.165) is 5.39 Å². The number of halogens is 1. The molecule has 2 aromatic carbocycles. The van der Waals surface area contributed by atoms with Crippen LogP contribution in [-0.2, 0) is 6.42 Å². The standard InChI is InChI=1S/C23H20FN5O3/c1-31-19-6-2-4-14-12-20(32-21(14)19)23(30)27-11-3-5-18-17(13-25)22(26)29(28-18)16-9-7-15(24)8-10-16/h2,4,6-10,12H,3,5,11,26H2,1H3,(H,27,30). The van der Waals surface area contributed by atoms with E-state index in [9.17, 15) is 14.4 Å². The van der Waals surface area contributed by atoms with Gasteiger partial charge in [-0.05, 0) is 49.2 Å². The Balaban J connectivity index is 1.40. The van der Waals surface area contributed by atoms with Crippen LogP contribution in [0.4, 0.5) is 10.2 Å². The molecule has 0 bridgehead atoms. The summed E-state index contributed by atoms with van der Waals surface area (Å²) in [5, 5.41) is 17.5. The van der Waals surface area contributed by atoms with Crippen LogP contribution < -0.4 is 15.8 Å². The number of carbonyl (C=O) groups is 1. The van der Waals surface area contributed by atoms with Crippen molar-refractivity contribution in [1.29, 1.82) is 5.26 Å². The van der Waals surface area contributed by atoms with Crippen LogP contribution in [0.5, 0.6) is 5.75 Å². The van der Waals surface area contributed by atoms with E-state index in [0.29, 0.717) is 42.1 Å². The minimum absolute atomic E-state index is 0.187. The number of methoxy groups -OCH3 is 1. The number of benzene rings is 2. The summed E-state index contributed by atoms with van der Waals surface area (Å²) in [5.74, 6) is 0.209. The molecule has 0 atom stereocenters. The van der Waals surface area contributed by atoms with E-state index in [4.69, 9.17) is 14.9 Å². The maximum Gasteiger partial charge on any atom is 0.287 e. The average Bonchev–Trinajstić information content (AvgIpc) is 3.38. The third kappa shape index (κ3) is 3.98. The molecule has 0 spiro atoms. The number of carbonyl (C=O) groups excluding carboxylic acids is 1. The first-order chi connectivity index (χ1) is 15.5. The van der Waals surface area contributed by atoms with E-state index in [2.05, 4.69) is 16.5 Å². The minimum Gasteiger partial charge on any atom is -0.493 e. The Hall–Kier alpha value is -4.32. The number of hydrogen-bond donors (Lipinski definition) is 2. The lowest BCUT2D eigenvalue weighted by Crippen LogP contribution is -2.24. The van der Waals surface area contributed by atoms with E-state index in [-0.39, 0.29) is 28.9 Å². The van der Waals surface area contributed by atoms with Crippen LogP contribution in [0.1, 0.15) is 28.2 Å². The van der Waals surface area contributed by atoms with Gasteiger partial charge in [0.05, 0.1) is 18.5 Å². The molecule has 4 aromatic rings. The van der Waals surface area contributed by atoms with E-state index < -0.39 is 0 Å². The lowest BCUT2D eigenvalue weighted by atomic mass is 10.1. The molecule has 0 aliphatic carbocycles. The first kappa shape index (κ1) is 20.9. The van der Waals surface area contributed by atoms with E-state index >= 15 is 0 Å².